The molecule has 2 aromatic heterocycles. The molecule has 5 rings (SSSR count). The Kier molecular flexibility index (Phi) is 5.10. The molecule has 2 aliphatic heterocycles. The molecular formula is C23H20N4O4S. The van der Waals surface area contributed by atoms with Crippen molar-refractivity contribution in [3.8, 4) is 0 Å². The van der Waals surface area contributed by atoms with Gasteiger partial charge < -0.3 is 4.42 Å². The molecule has 0 N–H and O–H groups in total. The lowest BCUT2D eigenvalue weighted by molar-refractivity contribution is -0.138. The SMILES string of the molecule is C[C@@H]1C(=O)N(CC(=O)N2N=C(c3cccs3)C[C@H]2c2ccco2)C(=O)N1c1ccccc1. The number of hydrazone groups is 1. The Bertz CT molecular complexity index is 1170. The Morgan fingerprint density at radius 2 is 1.94 bits per heavy atom. The average Bonchev–Trinajstić information content (AvgIpc) is 3.59. The van der Waals surface area contributed by atoms with Gasteiger partial charge in [-0.2, -0.15) is 5.10 Å². The fourth-order valence-electron chi connectivity index (χ4n) is 4.04. The van der Waals surface area contributed by atoms with Crippen LogP contribution in [-0.4, -0.2) is 46.1 Å². The Morgan fingerprint density at radius 3 is 2.62 bits per heavy atom. The zero-order valence-corrected chi connectivity index (χ0v) is 18.1. The molecule has 4 heterocycles. The van der Waals surface area contributed by atoms with Crippen LogP contribution in [0.25, 0.3) is 0 Å². The number of hydrogen-bond acceptors (Lipinski definition) is 6. The molecule has 162 valence electrons. The minimum atomic E-state index is -0.692. The van der Waals surface area contributed by atoms with Crippen molar-refractivity contribution in [2.24, 2.45) is 5.10 Å². The van der Waals surface area contributed by atoms with E-state index >= 15 is 0 Å². The molecular weight excluding hydrogens is 428 g/mol. The standard InChI is InChI=1S/C23H20N4O4S/c1-15-22(29)25(23(30)26(15)16-7-3-2-4-8-16)14-21(28)27-18(19-9-5-11-31-19)13-17(24-27)20-10-6-12-32-20/h2-12,15,18H,13-14H2,1H3/t15-,18+/m1/s1. The summed E-state index contributed by atoms with van der Waals surface area (Å²) in [6.45, 7) is 1.27. The Labute approximate surface area is 188 Å². The van der Waals surface area contributed by atoms with Gasteiger partial charge in [-0.1, -0.05) is 24.3 Å². The average molecular weight is 449 g/mol. The third-order valence-corrected chi connectivity index (χ3v) is 6.54. The third-order valence-electron chi connectivity index (χ3n) is 5.62. The maximum absolute atomic E-state index is 13.3. The number of para-hydroxylation sites is 1. The lowest BCUT2D eigenvalue weighted by atomic mass is 10.1. The van der Waals surface area contributed by atoms with Crippen LogP contribution in [0.15, 0.2) is 75.8 Å². The van der Waals surface area contributed by atoms with Crippen LogP contribution in [0.4, 0.5) is 10.5 Å². The summed E-state index contributed by atoms with van der Waals surface area (Å²) < 4.78 is 5.55. The highest BCUT2D eigenvalue weighted by Crippen LogP contribution is 2.34. The molecule has 1 saturated heterocycles. The third kappa shape index (κ3) is 3.40. The van der Waals surface area contributed by atoms with Crippen LogP contribution in [0, 0.1) is 0 Å². The van der Waals surface area contributed by atoms with Crippen molar-refractivity contribution in [1.29, 1.82) is 0 Å². The van der Waals surface area contributed by atoms with E-state index in [2.05, 4.69) is 5.10 Å². The molecule has 0 radical (unpaired) electrons. The first-order valence-corrected chi connectivity index (χ1v) is 11.1. The van der Waals surface area contributed by atoms with Gasteiger partial charge in [-0.15, -0.1) is 11.3 Å². The summed E-state index contributed by atoms with van der Waals surface area (Å²) in [7, 11) is 0. The fraction of sp³-hybridized carbons (Fsp3) is 0.217. The van der Waals surface area contributed by atoms with Crippen LogP contribution in [0.5, 0.6) is 0 Å². The summed E-state index contributed by atoms with van der Waals surface area (Å²) in [6.07, 6.45) is 2.04. The number of imide groups is 1. The monoisotopic (exact) mass is 448 g/mol. The van der Waals surface area contributed by atoms with Crippen molar-refractivity contribution in [3.05, 3.63) is 76.9 Å². The van der Waals surface area contributed by atoms with E-state index in [9.17, 15) is 14.4 Å². The number of benzene rings is 1. The van der Waals surface area contributed by atoms with Gasteiger partial charge >= 0.3 is 6.03 Å². The van der Waals surface area contributed by atoms with Gasteiger partial charge in [-0.25, -0.2) is 9.80 Å². The lowest BCUT2D eigenvalue weighted by Crippen LogP contribution is -2.42. The number of rotatable bonds is 5. The second-order valence-corrected chi connectivity index (χ2v) is 8.53. The summed E-state index contributed by atoms with van der Waals surface area (Å²) >= 11 is 1.54. The second-order valence-electron chi connectivity index (χ2n) is 7.59. The van der Waals surface area contributed by atoms with Gasteiger partial charge in [0.2, 0.25) is 0 Å². The van der Waals surface area contributed by atoms with Crippen LogP contribution in [-0.2, 0) is 9.59 Å². The number of carbonyl (C=O) groups excluding carboxylic acids is 3. The van der Waals surface area contributed by atoms with Crippen LogP contribution < -0.4 is 4.90 Å². The molecule has 0 unspecified atom stereocenters. The predicted molar refractivity (Wildman–Crippen MR) is 119 cm³/mol. The molecule has 0 spiro atoms. The van der Waals surface area contributed by atoms with Crippen LogP contribution in [0.2, 0.25) is 0 Å². The molecule has 0 saturated carbocycles. The fourth-order valence-corrected chi connectivity index (χ4v) is 4.76. The smallest absolute Gasteiger partial charge is 0.332 e. The molecule has 4 amide bonds. The number of amides is 4. The highest BCUT2D eigenvalue weighted by atomic mass is 32.1. The first-order valence-electron chi connectivity index (χ1n) is 10.2. The predicted octanol–water partition coefficient (Wildman–Crippen LogP) is 3.88. The molecule has 8 nitrogen and oxygen atoms in total. The van der Waals surface area contributed by atoms with Gasteiger partial charge in [0, 0.05) is 12.1 Å². The highest BCUT2D eigenvalue weighted by Gasteiger charge is 2.45. The van der Waals surface area contributed by atoms with Crippen molar-refractivity contribution in [2.75, 3.05) is 11.4 Å². The maximum atomic E-state index is 13.3. The summed E-state index contributed by atoms with van der Waals surface area (Å²) in [5.41, 5.74) is 1.38. The van der Waals surface area contributed by atoms with Crippen molar-refractivity contribution in [1.82, 2.24) is 9.91 Å². The molecule has 2 aliphatic rings. The van der Waals surface area contributed by atoms with E-state index in [0.717, 1.165) is 15.5 Å². The molecule has 32 heavy (non-hydrogen) atoms. The summed E-state index contributed by atoms with van der Waals surface area (Å²) in [4.78, 5) is 42.5. The Balaban J connectivity index is 1.40. The summed E-state index contributed by atoms with van der Waals surface area (Å²) in [6, 6.07) is 14.8. The van der Waals surface area contributed by atoms with Gasteiger partial charge in [-0.3, -0.25) is 19.4 Å². The minimum Gasteiger partial charge on any atom is -0.467 e. The number of anilines is 1. The van der Waals surface area contributed by atoms with Crippen molar-refractivity contribution in [2.45, 2.75) is 25.4 Å². The van der Waals surface area contributed by atoms with Gasteiger partial charge in [0.25, 0.3) is 11.8 Å². The number of carbonyl (C=O) groups is 3. The van der Waals surface area contributed by atoms with E-state index in [1.165, 1.54) is 9.91 Å². The van der Waals surface area contributed by atoms with Crippen LogP contribution in [0.1, 0.15) is 30.0 Å². The summed E-state index contributed by atoms with van der Waals surface area (Å²) in [5.74, 6) is -0.253. The molecule has 1 aromatic carbocycles. The second kappa shape index (κ2) is 8.08. The van der Waals surface area contributed by atoms with E-state index in [0.29, 0.717) is 17.9 Å². The number of nitrogens with zero attached hydrogens (tertiary/aromatic N) is 4. The van der Waals surface area contributed by atoms with E-state index < -0.39 is 29.9 Å². The number of thiophene rings is 1. The zero-order valence-electron chi connectivity index (χ0n) is 17.2. The first kappa shape index (κ1) is 20.2. The Morgan fingerprint density at radius 1 is 1.12 bits per heavy atom. The van der Waals surface area contributed by atoms with E-state index in [1.807, 2.05) is 23.6 Å². The van der Waals surface area contributed by atoms with Crippen molar-refractivity contribution < 1.29 is 18.8 Å². The topological polar surface area (TPSA) is 86.4 Å². The van der Waals surface area contributed by atoms with Gasteiger partial charge in [0.05, 0.1) is 16.9 Å². The quantitative estimate of drug-likeness (QED) is 0.555. The minimum absolute atomic E-state index is 0.385. The van der Waals surface area contributed by atoms with E-state index in [-0.39, 0.29) is 6.54 Å². The molecule has 0 bridgehead atoms. The first-order chi connectivity index (χ1) is 15.5. The zero-order chi connectivity index (χ0) is 22.2. The molecule has 2 atom stereocenters. The van der Waals surface area contributed by atoms with Gasteiger partial charge in [0.15, 0.2) is 0 Å². The Hall–Kier alpha value is -3.72. The van der Waals surface area contributed by atoms with Crippen LogP contribution >= 0.6 is 11.3 Å². The number of hydrogen-bond donors (Lipinski definition) is 0. The van der Waals surface area contributed by atoms with Gasteiger partial charge in [0.1, 0.15) is 24.4 Å². The van der Waals surface area contributed by atoms with E-state index in [1.54, 1.807) is 60.9 Å². The maximum Gasteiger partial charge on any atom is 0.332 e. The van der Waals surface area contributed by atoms with E-state index in [4.69, 9.17) is 4.42 Å². The molecule has 1 fully saturated rings. The molecule has 9 heteroatoms. The van der Waals surface area contributed by atoms with Crippen molar-refractivity contribution in [3.63, 3.8) is 0 Å². The number of furan rings is 1. The highest BCUT2D eigenvalue weighted by molar-refractivity contribution is 7.12. The van der Waals surface area contributed by atoms with Crippen LogP contribution in [0.3, 0.4) is 0 Å². The summed E-state index contributed by atoms with van der Waals surface area (Å²) in [5, 5.41) is 7.83. The van der Waals surface area contributed by atoms with Gasteiger partial charge in [-0.05, 0) is 42.6 Å². The van der Waals surface area contributed by atoms with Crippen molar-refractivity contribution >= 4 is 40.6 Å². The normalized spacial score (nSPS) is 20.9. The largest absolute Gasteiger partial charge is 0.467 e. The molecule has 0 aliphatic carbocycles. The molecule has 3 aromatic rings. The number of urea groups is 1. The lowest BCUT2D eigenvalue weighted by Gasteiger charge is -2.22.